The zero-order chi connectivity index (χ0) is 15.6. The summed E-state index contributed by atoms with van der Waals surface area (Å²) in [6, 6.07) is 0.656. The maximum absolute atomic E-state index is 4.65. The number of aryl methyl sites for hydroxylation is 2. The highest BCUT2D eigenvalue weighted by atomic mass is 15.2. The monoisotopic (exact) mass is 290 g/mol. The Bertz CT molecular complexity index is 484. The molecule has 0 aliphatic carbocycles. The van der Waals surface area contributed by atoms with E-state index in [-0.39, 0.29) is 0 Å². The van der Waals surface area contributed by atoms with Crippen LogP contribution in [0.2, 0.25) is 0 Å². The predicted molar refractivity (Wildman–Crippen MR) is 88.9 cm³/mol. The van der Waals surface area contributed by atoms with Crippen molar-refractivity contribution in [3.05, 3.63) is 17.1 Å². The van der Waals surface area contributed by atoms with E-state index in [2.05, 4.69) is 54.5 Å². The van der Waals surface area contributed by atoms with Crippen LogP contribution in [0.1, 0.15) is 43.8 Å². The van der Waals surface area contributed by atoms with Crippen molar-refractivity contribution in [2.75, 3.05) is 31.6 Å². The van der Waals surface area contributed by atoms with Crippen LogP contribution in [-0.2, 0) is 0 Å². The molecule has 1 aromatic heterocycles. The number of hydrogen-bond donors (Lipinski definition) is 0. The van der Waals surface area contributed by atoms with Gasteiger partial charge in [-0.2, -0.15) is 0 Å². The molecule has 0 aromatic carbocycles. The lowest BCUT2D eigenvalue weighted by Crippen LogP contribution is -2.43. The molecule has 1 fully saturated rings. The van der Waals surface area contributed by atoms with Crippen molar-refractivity contribution in [1.82, 2.24) is 14.9 Å². The van der Waals surface area contributed by atoms with Gasteiger partial charge in [0, 0.05) is 37.4 Å². The summed E-state index contributed by atoms with van der Waals surface area (Å²) in [5.41, 5.74) is 2.30. The fourth-order valence-corrected chi connectivity index (χ4v) is 3.31. The van der Waals surface area contributed by atoms with Crippen LogP contribution in [0.5, 0.6) is 0 Å². The van der Waals surface area contributed by atoms with Crippen molar-refractivity contribution >= 4 is 5.82 Å². The standard InChI is InChI=1S/C17H30N4/c1-12(2)21-9-7-8-16(11-21)10-20(6)17-13(3)14(4)18-15(5)19-17/h12,16H,7-11H2,1-6H3/t16-/m0/s1. The Labute approximate surface area is 129 Å². The number of likely N-dealkylation sites (tertiary alicyclic amines) is 1. The molecule has 0 bridgehead atoms. The summed E-state index contributed by atoms with van der Waals surface area (Å²) in [7, 11) is 2.17. The molecule has 0 saturated carbocycles. The maximum atomic E-state index is 4.65. The van der Waals surface area contributed by atoms with Gasteiger partial charge in [-0.05, 0) is 59.9 Å². The lowest BCUT2D eigenvalue weighted by Gasteiger charge is -2.37. The largest absolute Gasteiger partial charge is 0.359 e. The van der Waals surface area contributed by atoms with Crippen LogP contribution in [0.15, 0.2) is 0 Å². The quantitative estimate of drug-likeness (QED) is 0.853. The Kier molecular flexibility index (Phi) is 5.20. The van der Waals surface area contributed by atoms with Gasteiger partial charge < -0.3 is 9.80 Å². The Morgan fingerprint density at radius 1 is 1.24 bits per heavy atom. The van der Waals surface area contributed by atoms with Crippen LogP contribution >= 0.6 is 0 Å². The molecule has 0 unspecified atom stereocenters. The van der Waals surface area contributed by atoms with Crippen molar-refractivity contribution in [2.45, 2.75) is 53.5 Å². The van der Waals surface area contributed by atoms with Crippen LogP contribution in [-0.4, -0.2) is 47.6 Å². The van der Waals surface area contributed by atoms with E-state index in [1.807, 2.05) is 6.92 Å². The van der Waals surface area contributed by atoms with E-state index in [1.165, 1.54) is 31.5 Å². The van der Waals surface area contributed by atoms with Gasteiger partial charge in [-0.25, -0.2) is 9.97 Å². The third kappa shape index (κ3) is 3.94. The second-order valence-electron chi connectivity index (χ2n) is 6.78. The Hall–Kier alpha value is -1.16. The molecule has 0 N–H and O–H groups in total. The molecule has 0 amide bonds. The van der Waals surface area contributed by atoms with Gasteiger partial charge in [0.1, 0.15) is 11.6 Å². The minimum Gasteiger partial charge on any atom is -0.359 e. The minimum atomic E-state index is 0.656. The van der Waals surface area contributed by atoms with Gasteiger partial charge in [0.25, 0.3) is 0 Å². The van der Waals surface area contributed by atoms with Crippen LogP contribution in [0.4, 0.5) is 5.82 Å². The Morgan fingerprint density at radius 2 is 1.95 bits per heavy atom. The van der Waals surface area contributed by atoms with Crippen molar-refractivity contribution in [3.8, 4) is 0 Å². The van der Waals surface area contributed by atoms with Gasteiger partial charge in [-0.1, -0.05) is 0 Å². The van der Waals surface area contributed by atoms with Crippen molar-refractivity contribution < 1.29 is 0 Å². The molecule has 21 heavy (non-hydrogen) atoms. The summed E-state index contributed by atoms with van der Waals surface area (Å²) >= 11 is 0. The Morgan fingerprint density at radius 3 is 2.62 bits per heavy atom. The van der Waals surface area contributed by atoms with E-state index in [0.29, 0.717) is 6.04 Å². The molecule has 1 atom stereocenters. The number of hydrogen-bond acceptors (Lipinski definition) is 4. The highest BCUT2D eigenvalue weighted by Crippen LogP contribution is 2.23. The molecule has 1 saturated heterocycles. The second kappa shape index (κ2) is 6.73. The van der Waals surface area contributed by atoms with Gasteiger partial charge in [0.15, 0.2) is 0 Å². The summed E-state index contributed by atoms with van der Waals surface area (Å²) in [6.45, 7) is 14.3. The van der Waals surface area contributed by atoms with Crippen molar-refractivity contribution in [3.63, 3.8) is 0 Å². The van der Waals surface area contributed by atoms with E-state index in [4.69, 9.17) is 0 Å². The summed E-state index contributed by atoms with van der Waals surface area (Å²) in [5, 5.41) is 0. The molecule has 1 aromatic rings. The zero-order valence-corrected chi connectivity index (χ0v) is 14.5. The first-order chi connectivity index (χ1) is 9.88. The van der Waals surface area contributed by atoms with E-state index >= 15 is 0 Å². The van der Waals surface area contributed by atoms with Crippen molar-refractivity contribution in [2.24, 2.45) is 5.92 Å². The lowest BCUT2D eigenvalue weighted by atomic mass is 9.96. The van der Waals surface area contributed by atoms with Crippen molar-refractivity contribution in [1.29, 1.82) is 0 Å². The summed E-state index contributed by atoms with van der Waals surface area (Å²) in [4.78, 5) is 14.0. The van der Waals surface area contributed by atoms with Gasteiger partial charge in [0.2, 0.25) is 0 Å². The lowest BCUT2D eigenvalue weighted by molar-refractivity contribution is 0.142. The molecular formula is C17H30N4. The van der Waals surface area contributed by atoms with Crippen LogP contribution in [0, 0.1) is 26.7 Å². The topological polar surface area (TPSA) is 32.3 Å². The fraction of sp³-hybridized carbons (Fsp3) is 0.765. The van der Waals surface area contributed by atoms with Gasteiger partial charge in [0.05, 0.1) is 0 Å². The van der Waals surface area contributed by atoms with Gasteiger partial charge >= 0.3 is 0 Å². The SMILES string of the molecule is Cc1nc(C)c(C)c(N(C)C[C@@H]2CCCN(C(C)C)C2)n1. The molecule has 118 valence electrons. The van der Waals surface area contributed by atoms with Gasteiger partial charge in [-0.3, -0.25) is 0 Å². The first kappa shape index (κ1) is 16.2. The number of aromatic nitrogens is 2. The molecule has 1 aliphatic rings. The fourth-order valence-electron chi connectivity index (χ4n) is 3.31. The van der Waals surface area contributed by atoms with E-state index in [0.717, 1.165) is 29.8 Å². The average Bonchev–Trinajstić information content (AvgIpc) is 2.43. The molecule has 2 rings (SSSR count). The van der Waals surface area contributed by atoms with Crippen LogP contribution in [0.3, 0.4) is 0 Å². The van der Waals surface area contributed by atoms with Gasteiger partial charge in [-0.15, -0.1) is 0 Å². The highest BCUT2D eigenvalue weighted by molar-refractivity contribution is 5.47. The highest BCUT2D eigenvalue weighted by Gasteiger charge is 2.23. The first-order valence-corrected chi connectivity index (χ1v) is 8.15. The molecule has 1 aliphatic heterocycles. The third-order valence-electron chi connectivity index (χ3n) is 4.65. The number of rotatable bonds is 4. The molecule has 4 nitrogen and oxygen atoms in total. The number of nitrogens with zero attached hydrogens (tertiary/aromatic N) is 4. The van der Waals surface area contributed by atoms with Crippen LogP contribution < -0.4 is 4.90 Å². The first-order valence-electron chi connectivity index (χ1n) is 8.15. The molecule has 4 heteroatoms. The summed E-state index contributed by atoms with van der Waals surface area (Å²) in [6.07, 6.45) is 2.65. The summed E-state index contributed by atoms with van der Waals surface area (Å²) in [5.74, 6) is 2.70. The molecular weight excluding hydrogens is 260 g/mol. The average molecular weight is 290 g/mol. The molecule has 0 radical (unpaired) electrons. The van der Waals surface area contributed by atoms with E-state index in [9.17, 15) is 0 Å². The molecule has 0 spiro atoms. The normalized spacial score (nSPS) is 20.0. The number of piperidine rings is 1. The number of anilines is 1. The zero-order valence-electron chi connectivity index (χ0n) is 14.5. The molecule has 2 heterocycles. The van der Waals surface area contributed by atoms with E-state index in [1.54, 1.807) is 0 Å². The third-order valence-corrected chi connectivity index (χ3v) is 4.65. The second-order valence-corrected chi connectivity index (χ2v) is 6.78. The predicted octanol–water partition coefficient (Wildman–Crippen LogP) is 2.96. The Balaban J connectivity index is 2.06. The maximum Gasteiger partial charge on any atom is 0.135 e. The summed E-state index contributed by atoms with van der Waals surface area (Å²) < 4.78 is 0. The van der Waals surface area contributed by atoms with Crippen LogP contribution in [0.25, 0.3) is 0 Å². The van der Waals surface area contributed by atoms with E-state index < -0.39 is 0 Å². The smallest absolute Gasteiger partial charge is 0.135 e. The minimum absolute atomic E-state index is 0.656.